The second kappa shape index (κ2) is 6.98. The Hall–Kier alpha value is -2.80. The van der Waals surface area contributed by atoms with Crippen LogP contribution in [0, 0.1) is 0 Å². The van der Waals surface area contributed by atoms with Crippen LogP contribution in [-0.2, 0) is 11.0 Å². The molecule has 144 valence electrons. The van der Waals surface area contributed by atoms with E-state index in [0.717, 1.165) is 22.1 Å². The maximum atomic E-state index is 13.5. The molecular formula is C21H16F3NO2S. The van der Waals surface area contributed by atoms with E-state index in [9.17, 15) is 18.0 Å². The lowest BCUT2D eigenvalue weighted by atomic mass is 9.86. The minimum atomic E-state index is -4.47. The van der Waals surface area contributed by atoms with Gasteiger partial charge in [-0.3, -0.25) is 4.79 Å². The number of hydrogen-bond acceptors (Lipinski definition) is 3. The third kappa shape index (κ3) is 3.26. The number of nitrogens with one attached hydrogen (secondary N) is 1. The zero-order chi connectivity index (χ0) is 19.9. The number of alkyl halides is 3. The van der Waals surface area contributed by atoms with Crippen molar-refractivity contribution in [3.8, 4) is 16.9 Å². The lowest BCUT2D eigenvalue weighted by Crippen LogP contribution is -2.24. The van der Waals surface area contributed by atoms with E-state index in [1.54, 1.807) is 25.3 Å². The number of anilines is 1. The molecule has 1 aliphatic rings. The van der Waals surface area contributed by atoms with Crippen molar-refractivity contribution in [3.63, 3.8) is 0 Å². The molecule has 0 radical (unpaired) electrons. The zero-order valence-corrected chi connectivity index (χ0v) is 15.7. The monoisotopic (exact) mass is 403 g/mol. The number of rotatable bonds is 3. The maximum Gasteiger partial charge on any atom is 0.416 e. The van der Waals surface area contributed by atoms with Gasteiger partial charge in [-0.25, -0.2) is 0 Å². The number of carbonyl (C=O) groups excluding carboxylic acids is 1. The molecule has 0 bridgehead atoms. The quantitative estimate of drug-likeness (QED) is 0.590. The highest BCUT2D eigenvalue weighted by atomic mass is 32.1. The summed E-state index contributed by atoms with van der Waals surface area (Å²) in [7, 11) is 1.57. The first-order chi connectivity index (χ1) is 13.4. The van der Waals surface area contributed by atoms with Crippen molar-refractivity contribution >= 4 is 22.9 Å². The summed E-state index contributed by atoms with van der Waals surface area (Å²) in [6.07, 6.45) is -4.48. The molecule has 1 aliphatic heterocycles. The fourth-order valence-corrected chi connectivity index (χ4v) is 4.67. The first kappa shape index (κ1) is 18.6. The fourth-order valence-electron chi connectivity index (χ4n) is 3.52. The Morgan fingerprint density at radius 2 is 1.82 bits per heavy atom. The highest BCUT2D eigenvalue weighted by Crippen LogP contribution is 2.48. The van der Waals surface area contributed by atoms with E-state index in [4.69, 9.17) is 4.74 Å². The van der Waals surface area contributed by atoms with Gasteiger partial charge >= 0.3 is 6.18 Å². The van der Waals surface area contributed by atoms with Gasteiger partial charge in [0.15, 0.2) is 0 Å². The van der Waals surface area contributed by atoms with Gasteiger partial charge < -0.3 is 10.1 Å². The molecule has 1 atom stereocenters. The first-order valence-electron chi connectivity index (χ1n) is 8.60. The lowest BCUT2D eigenvalue weighted by molar-refractivity contribution is -0.138. The van der Waals surface area contributed by atoms with Crippen LogP contribution in [0.2, 0.25) is 0 Å². The van der Waals surface area contributed by atoms with E-state index in [2.05, 4.69) is 5.32 Å². The van der Waals surface area contributed by atoms with Gasteiger partial charge in [-0.15, -0.1) is 11.3 Å². The highest BCUT2D eigenvalue weighted by molar-refractivity contribution is 7.11. The molecule has 28 heavy (non-hydrogen) atoms. The molecule has 0 fully saturated rings. The van der Waals surface area contributed by atoms with E-state index in [1.807, 2.05) is 17.5 Å². The molecule has 4 rings (SSSR count). The molecule has 3 aromatic rings. The third-order valence-electron chi connectivity index (χ3n) is 4.83. The van der Waals surface area contributed by atoms with Gasteiger partial charge in [-0.1, -0.05) is 30.3 Å². The van der Waals surface area contributed by atoms with Gasteiger partial charge in [-0.05, 0) is 29.3 Å². The zero-order valence-electron chi connectivity index (χ0n) is 14.8. The molecule has 0 spiro atoms. The van der Waals surface area contributed by atoms with E-state index >= 15 is 0 Å². The Labute approximate surface area is 163 Å². The highest BCUT2D eigenvalue weighted by Gasteiger charge is 2.38. The van der Waals surface area contributed by atoms with Crippen molar-refractivity contribution < 1.29 is 22.7 Å². The number of hydrogen-bond donors (Lipinski definition) is 1. The Morgan fingerprint density at radius 3 is 2.50 bits per heavy atom. The fraction of sp³-hybridized carbons (Fsp3) is 0.190. The molecule has 0 saturated heterocycles. The minimum absolute atomic E-state index is 0.0113. The number of amides is 1. The summed E-state index contributed by atoms with van der Waals surface area (Å²) < 4.78 is 45.7. The van der Waals surface area contributed by atoms with Gasteiger partial charge in [0.2, 0.25) is 5.91 Å². The predicted molar refractivity (Wildman–Crippen MR) is 103 cm³/mol. The summed E-state index contributed by atoms with van der Waals surface area (Å²) in [6, 6.07) is 12.8. The van der Waals surface area contributed by atoms with Crippen LogP contribution in [0.3, 0.4) is 0 Å². The molecular weight excluding hydrogens is 387 g/mol. The van der Waals surface area contributed by atoms with Crippen molar-refractivity contribution in [2.45, 2.75) is 18.5 Å². The van der Waals surface area contributed by atoms with Crippen molar-refractivity contribution in [3.05, 3.63) is 69.9 Å². The average Bonchev–Trinajstić information content (AvgIpc) is 3.10. The Balaban J connectivity index is 1.82. The molecule has 0 aliphatic carbocycles. The van der Waals surface area contributed by atoms with Crippen molar-refractivity contribution in [1.29, 1.82) is 0 Å². The van der Waals surface area contributed by atoms with Crippen molar-refractivity contribution in [2.24, 2.45) is 0 Å². The summed E-state index contributed by atoms with van der Waals surface area (Å²) in [5, 5.41) is 4.73. The molecule has 1 amide bonds. The Morgan fingerprint density at radius 1 is 1.11 bits per heavy atom. The molecule has 1 aromatic heterocycles. The molecule has 0 saturated carbocycles. The number of ether oxygens (including phenoxy) is 1. The number of halogens is 3. The number of carbonyl (C=O) groups is 1. The number of fused-ring (bicyclic) bond motifs is 1. The van der Waals surface area contributed by atoms with Gasteiger partial charge in [0.05, 0.1) is 18.4 Å². The van der Waals surface area contributed by atoms with Crippen LogP contribution >= 0.6 is 11.3 Å². The minimum Gasteiger partial charge on any atom is -0.497 e. The molecule has 2 heterocycles. The van der Waals surface area contributed by atoms with Gasteiger partial charge in [-0.2, -0.15) is 13.2 Å². The summed E-state index contributed by atoms with van der Waals surface area (Å²) in [4.78, 5) is 13.1. The van der Waals surface area contributed by atoms with Crippen molar-refractivity contribution in [2.75, 3.05) is 12.4 Å². The largest absolute Gasteiger partial charge is 0.497 e. The van der Waals surface area contributed by atoms with E-state index in [1.165, 1.54) is 23.5 Å². The number of methoxy groups -OCH3 is 1. The second-order valence-corrected chi connectivity index (χ2v) is 7.42. The molecule has 2 aromatic carbocycles. The van der Waals surface area contributed by atoms with Gasteiger partial charge in [0.25, 0.3) is 0 Å². The van der Waals surface area contributed by atoms with Crippen molar-refractivity contribution in [1.82, 2.24) is 0 Å². The average molecular weight is 403 g/mol. The Bertz CT molecular complexity index is 1020. The van der Waals surface area contributed by atoms with Gasteiger partial charge in [0.1, 0.15) is 5.75 Å². The summed E-state index contributed by atoms with van der Waals surface area (Å²) in [6.45, 7) is 0. The topological polar surface area (TPSA) is 38.3 Å². The SMILES string of the molecule is COc1ccc(-c2csc3c2NC(=O)C[C@@H]3c2ccccc2C(F)(F)F)cc1. The van der Waals surface area contributed by atoms with E-state index in [-0.39, 0.29) is 17.9 Å². The maximum absolute atomic E-state index is 13.5. The lowest BCUT2D eigenvalue weighted by Gasteiger charge is -2.26. The number of thiophene rings is 1. The van der Waals surface area contributed by atoms with E-state index in [0.29, 0.717) is 11.4 Å². The summed E-state index contributed by atoms with van der Waals surface area (Å²) in [5.41, 5.74) is 1.69. The van der Waals surface area contributed by atoms with Crippen LogP contribution in [0.15, 0.2) is 53.9 Å². The number of benzene rings is 2. The summed E-state index contributed by atoms with van der Waals surface area (Å²) in [5.74, 6) is -0.213. The smallest absolute Gasteiger partial charge is 0.416 e. The normalized spacial score (nSPS) is 16.4. The van der Waals surface area contributed by atoms with Crippen LogP contribution in [-0.4, -0.2) is 13.0 Å². The van der Waals surface area contributed by atoms with Gasteiger partial charge in [0, 0.05) is 28.2 Å². The molecule has 7 heteroatoms. The predicted octanol–water partition coefficient (Wildman–Crippen LogP) is 5.92. The third-order valence-corrected chi connectivity index (χ3v) is 5.93. The molecule has 3 nitrogen and oxygen atoms in total. The van der Waals surface area contributed by atoms with E-state index < -0.39 is 17.7 Å². The molecule has 0 unspecified atom stereocenters. The molecule has 1 N–H and O–H groups in total. The van der Waals surface area contributed by atoms with Crippen LogP contribution in [0.4, 0.5) is 18.9 Å². The van der Waals surface area contributed by atoms with Crippen LogP contribution < -0.4 is 10.1 Å². The Kier molecular flexibility index (Phi) is 4.63. The van der Waals surface area contributed by atoms with Crippen LogP contribution in [0.1, 0.15) is 28.3 Å². The summed E-state index contributed by atoms with van der Waals surface area (Å²) >= 11 is 1.37. The van der Waals surface area contributed by atoms with Crippen LogP contribution in [0.25, 0.3) is 11.1 Å². The first-order valence-corrected chi connectivity index (χ1v) is 9.48. The van der Waals surface area contributed by atoms with Crippen LogP contribution in [0.5, 0.6) is 5.75 Å². The second-order valence-electron chi connectivity index (χ2n) is 6.51. The standard InChI is InChI=1S/C21H16F3NO2S/c1-27-13-8-6-12(7-9-13)16-11-28-20-15(10-18(26)25-19(16)20)14-4-2-3-5-17(14)21(22,23)24/h2-9,11,15H,10H2,1H3,(H,25,26)/t15-/m1/s1.